The zero-order valence-corrected chi connectivity index (χ0v) is 16.6. The van der Waals surface area contributed by atoms with Crippen LogP contribution in [0.25, 0.3) is 0 Å². The van der Waals surface area contributed by atoms with Crippen LogP contribution in [-0.4, -0.2) is 23.1 Å². The lowest BCUT2D eigenvalue weighted by atomic mass is 9.91. The van der Waals surface area contributed by atoms with Crippen LogP contribution in [0.4, 0.5) is 0 Å². The Kier molecular flexibility index (Phi) is 5.92. The van der Waals surface area contributed by atoms with Gasteiger partial charge in [-0.15, -0.1) is 11.8 Å². The van der Waals surface area contributed by atoms with Crippen molar-refractivity contribution >= 4 is 17.7 Å². The molecule has 0 aliphatic carbocycles. The summed E-state index contributed by atoms with van der Waals surface area (Å²) in [6.07, 6.45) is 0.567. The fourth-order valence-electron chi connectivity index (χ4n) is 3.09. The zero-order valence-electron chi connectivity index (χ0n) is 15.8. The Hall–Kier alpha value is -1.94. The second kappa shape index (κ2) is 8.17. The molecule has 1 fully saturated rings. The molecule has 1 amide bonds. The lowest BCUT2D eigenvalue weighted by molar-refractivity contribution is -0.133. The van der Waals surface area contributed by atoms with E-state index in [1.807, 2.05) is 53.1 Å². The van der Waals surface area contributed by atoms with Crippen molar-refractivity contribution in [2.45, 2.75) is 39.2 Å². The predicted octanol–water partition coefficient (Wildman–Crippen LogP) is 5.28. The average Bonchev–Trinajstić information content (AvgIpc) is 3.09. The van der Waals surface area contributed by atoms with Gasteiger partial charge in [0.05, 0.1) is 0 Å². The van der Waals surface area contributed by atoms with Crippen molar-refractivity contribution in [2.24, 2.45) is 5.41 Å². The third-order valence-corrected chi connectivity index (χ3v) is 5.56. The molecule has 1 saturated heterocycles. The van der Waals surface area contributed by atoms with Gasteiger partial charge in [0, 0.05) is 24.3 Å². The predicted molar refractivity (Wildman–Crippen MR) is 108 cm³/mol. The van der Waals surface area contributed by atoms with E-state index in [2.05, 4.69) is 39.0 Å². The number of rotatable bonds is 5. The van der Waals surface area contributed by atoms with Crippen LogP contribution < -0.4 is 4.74 Å². The highest BCUT2D eigenvalue weighted by atomic mass is 32.2. The maximum atomic E-state index is 12.8. The second-order valence-electron chi connectivity index (χ2n) is 7.86. The molecule has 0 spiro atoms. The third-order valence-electron chi connectivity index (χ3n) is 4.32. The van der Waals surface area contributed by atoms with Crippen LogP contribution in [0.5, 0.6) is 5.75 Å². The summed E-state index contributed by atoms with van der Waals surface area (Å²) >= 11 is 1.82. The summed E-state index contributed by atoms with van der Waals surface area (Å²) < 4.78 is 6.11. The first-order valence-corrected chi connectivity index (χ1v) is 10.2. The fraction of sp³-hybridized carbons (Fsp3) is 0.409. The molecule has 3 nitrogen and oxygen atoms in total. The van der Waals surface area contributed by atoms with Crippen molar-refractivity contribution < 1.29 is 9.53 Å². The Bertz CT molecular complexity index is 739. The lowest BCUT2D eigenvalue weighted by Crippen LogP contribution is -2.33. The highest BCUT2D eigenvalue weighted by Crippen LogP contribution is 2.42. The summed E-state index contributed by atoms with van der Waals surface area (Å²) in [7, 11) is 0. The molecule has 0 N–H and O–H groups in total. The van der Waals surface area contributed by atoms with E-state index in [9.17, 15) is 4.79 Å². The van der Waals surface area contributed by atoms with E-state index in [-0.39, 0.29) is 16.7 Å². The van der Waals surface area contributed by atoms with Gasteiger partial charge in [0.1, 0.15) is 17.7 Å². The minimum Gasteiger partial charge on any atom is -0.489 e. The van der Waals surface area contributed by atoms with Crippen LogP contribution in [-0.2, 0) is 11.4 Å². The van der Waals surface area contributed by atoms with Crippen molar-refractivity contribution in [2.75, 3.05) is 12.3 Å². The Morgan fingerprint density at radius 3 is 2.54 bits per heavy atom. The number of para-hydroxylation sites is 1. The lowest BCUT2D eigenvalue weighted by Gasteiger charge is -2.28. The molecule has 2 aromatic rings. The molecule has 2 aromatic carbocycles. The molecule has 0 aromatic heterocycles. The highest BCUT2D eigenvalue weighted by molar-refractivity contribution is 7.99. The Morgan fingerprint density at radius 1 is 1.12 bits per heavy atom. The van der Waals surface area contributed by atoms with E-state index in [4.69, 9.17) is 4.74 Å². The first-order chi connectivity index (χ1) is 12.4. The Morgan fingerprint density at radius 2 is 1.81 bits per heavy atom. The molecule has 1 heterocycles. The van der Waals surface area contributed by atoms with Crippen molar-refractivity contribution in [3.8, 4) is 5.75 Å². The average molecular weight is 370 g/mol. The summed E-state index contributed by atoms with van der Waals surface area (Å²) in [4.78, 5) is 14.8. The number of amides is 1. The summed E-state index contributed by atoms with van der Waals surface area (Å²) in [6, 6.07) is 18.3. The van der Waals surface area contributed by atoms with Gasteiger partial charge in [-0.05, 0) is 17.0 Å². The van der Waals surface area contributed by atoms with Crippen molar-refractivity contribution in [1.29, 1.82) is 0 Å². The van der Waals surface area contributed by atoms with Gasteiger partial charge in [-0.1, -0.05) is 69.3 Å². The van der Waals surface area contributed by atoms with Crippen LogP contribution >= 0.6 is 11.8 Å². The van der Waals surface area contributed by atoms with Gasteiger partial charge >= 0.3 is 0 Å². The maximum absolute atomic E-state index is 12.8. The molecule has 4 heteroatoms. The van der Waals surface area contributed by atoms with Crippen molar-refractivity contribution in [3.63, 3.8) is 0 Å². The van der Waals surface area contributed by atoms with E-state index in [1.165, 1.54) is 0 Å². The molecular weight excluding hydrogens is 342 g/mol. The summed E-state index contributed by atoms with van der Waals surface area (Å²) in [6.45, 7) is 7.67. The summed E-state index contributed by atoms with van der Waals surface area (Å²) in [5.74, 6) is 2.06. The van der Waals surface area contributed by atoms with Gasteiger partial charge in [-0.25, -0.2) is 0 Å². The number of ether oxygens (including phenoxy) is 1. The number of nitrogens with zero attached hydrogens (tertiary/aromatic N) is 1. The van der Waals surface area contributed by atoms with Gasteiger partial charge in [0.25, 0.3) is 0 Å². The van der Waals surface area contributed by atoms with Crippen LogP contribution in [0, 0.1) is 5.41 Å². The monoisotopic (exact) mass is 369 g/mol. The molecule has 26 heavy (non-hydrogen) atoms. The number of hydrogen-bond donors (Lipinski definition) is 0. The SMILES string of the molecule is CC(C)(C)CC(=O)N1CCSC1c1ccccc1OCc1ccccc1. The minimum absolute atomic E-state index is 0.00177. The molecule has 0 saturated carbocycles. The third kappa shape index (κ3) is 4.82. The fourth-order valence-corrected chi connectivity index (χ4v) is 4.39. The number of hydrogen-bond acceptors (Lipinski definition) is 3. The summed E-state index contributed by atoms with van der Waals surface area (Å²) in [5.41, 5.74) is 2.23. The van der Waals surface area contributed by atoms with Crippen molar-refractivity contribution in [3.05, 3.63) is 65.7 Å². The van der Waals surface area contributed by atoms with Gasteiger partial charge in [0.15, 0.2) is 0 Å². The van der Waals surface area contributed by atoms with Crippen LogP contribution in [0.2, 0.25) is 0 Å². The molecule has 1 aliphatic rings. The molecule has 0 radical (unpaired) electrons. The number of carbonyl (C=O) groups is 1. The minimum atomic E-state index is -0.00177. The van der Waals surface area contributed by atoms with Crippen molar-refractivity contribution in [1.82, 2.24) is 4.90 Å². The van der Waals surface area contributed by atoms with Gasteiger partial charge < -0.3 is 9.64 Å². The summed E-state index contributed by atoms with van der Waals surface area (Å²) in [5, 5.41) is 0.0387. The quantitative estimate of drug-likeness (QED) is 0.718. The van der Waals surface area contributed by atoms with Crippen LogP contribution in [0.1, 0.15) is 43.7 Å². The number of benzene rings is 2. The number of carbonyl (C=O) groups excluding carboxylic acids is 1. The topological polar surface area (TPSA) is 29.5 Å². The molecule has 1 aliphatic heterocycles. The van der Waals surface area contributed by atoms with E-state index in [1.54, 1.807) is 0 Å². The molecule has 3 rings (SSSR count). The van der Waals surface area contributed by atoms with Gasteiger partial charge in [-0.3, -0.25) is 4.79 Å². The van der Waals surface area contributed by atoms with E-state index >= 15 is 0 Å². The van der Waals surface area contributed by atoms with E-state index in [0.717, 1.165) is 29.2 Å². The normalized spacial score (nSPS) is 17.3. The number of thioether (sulfide) groups is 1. The molecule has 1 atom stereocenters. The van der Waals surface area contributed by atoms with E-state index in [0.29, 0.717) is 13.0 Å². The largest absolute Gasteiger partial charge is 0.489 e. The molecular formula is C22H27NO2S. The molecule has 138 valence electrons. The second-order valence-corrected chi connectivity index (χ2v) is 9.05. The first kappa shape index (κ1) is 18.8. The standard InChI is InChI=1S/C22H27NO2S/c1-22(2,3)15-20(24)23-13-14-26-21(23)18-11-7-8-12-19(18)25-16-17-9-5-4-6-10-17/h4-12,21H,13-16H2,1-3H3. The zero-order chi connectivity index (χ0) is 18.6. The van der Waals surface area contributed by atoms with Gasteiger partial charge in [0.2, 0.25) is 5.91 Å². The smallest absolute Gasteiger partial charge is 0.224 e. The maximum Gasteiger partial charge on any atom is 0.224 e. The van der Waals surface area contributed by atoms with Crippen LogP contribution in [0.3, 0.4) is 0 Å². The highest BCUT2D eigenvalue weighted by Gasteiger charge is 2.33. The Labute approximate surface area is 160 Å². The molecule has 1 unspecified atom stereocenters. The first-order valence-electron chi connectivity index (χ1n) is 9.11. The van der Waals surface area contributed by atoms with Crippen LogP contribution in [0.15, 0.2) is 54.6 Å². The molecule has 0 bridgehead atoms. The van der Waals surface area contributed by atoms with E-state index < -0.39 is 0 Å². The Balaban J connectivity index is 1.76. The van der Waals surface area contributed by atoms with Gasteiger partial charge in [-0.2, -0.15) is 0 Å².